The van der Waals surface area contributed by atoms with Crippen LogP contribution in [0.15, 0.2) is 42.7 Å². The van der Waals surface area contributed by atoms with Gasteiger partial charge in [-0.25, -0.2) is 5.32 Å². The van der Waals surface area contributed by atoms with Crippen molar-refractivity contribution in [2.75, 3.05) is 7.05 Å². The van der Waals surface area contributed by atoms with Crippen molar-refractivity contribution < 1.29 is 18.9 Å². The molecule has 6 nitrogen and oxygen atoms in total. The molecule has 0 saturated heterocycles. The maximum absolute atomic E-state index is 11.9. The molecule has 24 heavy (non-hydrogen) atoms. The molecule has 0 aliphatic heterocycles. The van der Waals surface area contributed by atoms with Gasteiger partial charge in [0.2, 0.25) is 0 Å². The molecule has 3 N–H and O–H groups in total. The summed E-state index contributed by atoms with van der Waals surface area (Å²) in [6, 6.07) is 8.16. The number of carbonyl (C=O) groups is 2. The van der Waals surface area contributed by atoms with Gasteiger partial charge in [0.25, 0.3) is 5.91 Å². The Morgan fingerprint density at radius 2 is 1.96 bits per heavy atom. The van der Waals surface area contributed by atoms with Gasteiger partial charge >= 0.3 is 6.03 Å². The minimum absolute atomic E-state index is 0.327. The second-order valence-corrected chi connectivity index (χ2v) is 6.41. The Balaban J connectivity index is 2.13. The summed E-state index contributed by atoms with van der Waals surface area (Å²) in [6.07, 6.45) is 3.17. The maximum Gasteiger partial charge on any atom is 0.495 e. The van der Waals surface area contributed by atoms with Crippen LogP contribution < -0.4 is 20.4 Å². The van der Waals surface area contributed by atoms with E-state index in [1.807, 2.05) is 0 Å². The van der Waals surface area contributed by atoms with E-state index < -0.39 is 5.91 Å². The molecule has 0 aliphatic rings. The van der Waals surface area contributed by atoms with Crippen LogP contribution in [-0.2, 0) is 0 Å². The van der Waals surface area contributed by atoms with E-state index in [2.05, 4.69) is 5.32 Å². The molecule has 0 aliphatic carbocycles. The fraction of sp³-hybridized carbons (Fsp3) is 0.0625. The molecule has 0 fully saturated rings. The normalized spacial score (nSPS) is 10.6. The molecule has 0 saturated carbocycles. The number of pyridine rings is 1. The Bertz CT molecular complexity index is 938. The second-order valence-electron chi connectivity index (χ2n) is 4.89. The molecule has 3 aromatic rings. The average Bonchev–Trinajstić information content (AvgIpc) is 3.01. The summed E-state index contributed by atoms with van der Waals surface area (Å²) >= 11 is 7.07. The van der Waals surface area contributed by atoms with Crippen LogP contribution in [0.2, 0.25) is 5.02 Å². The van der Waals surface area contributed by atoms with Crippen molar-refractivity contribution in [1.29, 1.82) is 0 Å². The number of nitrogens with two attached hydrogens (primary N) is 1. The number of nitrogens with zero attached hydrogens (tertiary/aromatic N) is 1. The quantitative estimate of drug-likeness (QED) is 0.702. The number of hydrogen-bond donors (Lipinski definition) is 2. The molecule has 2 aromatic heterocycles. The fourth-order valence-corrected chi connectivity index (χ4v) is 3.21. The first-order chi connectivity index (χ1) is 11.5. The Morgan fingerprint density at radius 1 is 1.25 bits per heavy atom. The summed E-state index contributed by atoms with van der Waals surface area (Å²) in [5.41, 5.74) is 5.35. The lowest BCUT2D eigenvalue weighted by Gasteiger charge is -2.07. The van der Waals surface area contributed by atoms with Crippen LogP contribution in [0.4, 0.5) is 4.79 Å². The summed E-state index contributed by atoms with van der Waals surface area (Å²) in [4.78, 5) is 23.8. The van der Waals surface area contributed by atoms with E-state index >= 15 is 0 Å². The smallest absolute Gasteiger partial charge is 0.453 e. The minimum Gasteiger partial charge on any atom is -0.453 e. The Morgan fingerprint density at radius 3 is 2.58 bits per heavy atom. The van der Waals surface area contributed by atoms with Crippen LogP contribution in [0.5, 0.6) is 11.5 Å². The van der Waals surface area contributed by atoms with Gasteiger partial charge in [-0.15, -0.1) is 11.3 Å². The molecule has 0 spiro atoms. The van der Waals surface area contributed by atoms with E-state index in [0.29, 0.717) is 31.5 Å². The van der Waals surface area contributed by atoms with E-state index in [1.165, 1.54) is 23.0 Å². The molecule has 2 amide bonds. The minimum atomic E-state index is -0.528. The van der Waals surface area contributed by atoms with Crippen LogP contribution in [0, 0.1) is 0 Å². The van der Waals surface area contributed by atoms with Gasteiger partial charge in [0, 0.05) is 10.4 Å². The molecule has 8 heteroatoms. The lowest BCUT2D eigenvalue weighted by molar-refractivity contribution is -0.570. The van der Waals surface area contributed by atoms with Gasteiger partial charge in [0.15, 0.2) is 5.75 Å². The number of amides is 2. The molecular formula is C16H13ClN3O3S+. The van der Waals surface area contributed by atoms with Gasteiger partial charge in [-0.05, 0) is 30.3 Å². The Kier molecular flexibility index (Phi) is 4.37. The monoisotopic (exact) mass is 362 g/mol. The SMILES string of the molecule is CNC(=O)[n+]1cc(Oc2ccc(Cl)cc2)c2cc(C(N)=O)sc2c1. The predicted octanol–water partition coefficient (Wildman–Crippen LogP) is 2.92. The number of ether oxygens (including phenoxy) is 1. The van der Waals surface area contributed by atoms with Crippen LogP contribution >= 0.6 is 22.9 Å². The van der Waals surface area contributed by atoms with Crippen molar-refractivity contribution in [1.82, 2.24) is 5.32 Å². The van der Waals surface area contributed by atoms with E-state index in [9.17, 15) is 9.59 Å². The Labute approximate surface area is 146 Å². The molecule has 0 bridgehead atoms. The van der Waals surface area contributed by atoms with Crippen LogP contribution in [0.1, 0.15) is 9.67 Å². The topological polar surface area (TPSA) is 85.3 Å². The van der Waals surface area contributed by atoms with E-state index in [4.69, 9.17) is 22.1 Å². The zero-order valence-corrected chi connectivity index (χ0v) is 14.1. The first-order valence-electron chi connectivity index (χ1n) is 6.92. The van der Waals surface area contributed by atoms with Gasteiger partial charge < -0.3 is 10.5 Å². The molecular weight excluding hydrogens is 350 g/mol. The van der Waals surface area contributed by atoms with Crippen molar-refractivity contribution in [3.05, 3.63) is 52.6 Å². The highest BCUT2D eigenvalue weighted by atomic mass is 35.5. The summed E-state index contributed by atoms with van der Waals surface area (Å²) in [5.74, 6) is 0.462. The van der Waals surface area contributed by atoms with E-state index in [0.717, 1.165) is 0 Å². The van der Waals surface area contributed by atoms with Gasteiger partial charge in [0.05, 0.1) is 16.6 Å². The first kappa shape index (κ1) is 16.2. The highest BCUT2D eigenvalue weighted by Crippen LogP contribution is 2.34. The number of rotatable bonds is 3. The van der Waals surface area contributed by atoms with Gasteiger partial charge in [-0.3, -0.25) is 4.79 Å². The molecule has 0 unspecified atom stereocenters. The Hall–Kier alpha value is -2.64. The number of carbonyl (C=O) groups excluding carboxylic acids is 2. The third-order valence-corrected chi connectivity index (χ3v) is 4.61. The number of aromatic nitrogens is 1. The number of thiophene rings is 1. The van der Waals surface area contributed by atoms with Crippen molar-refractivity contribution in [2.24, 2.45) is 5.73 Å². The number of primary amides is 1. The third-order valence-electron chi connectivity index (χ3n) is 3.27. The van der Waals surface area contributed by atoms with E-state index in [1.54, 1.807) is 42.7 Å². The molecule has 2 heterocycles. The maximum atomic E-state index is 11.9. The van der Waals surface area contributed by atoms with Crippen LogP contribution in [0.3, 0.4) is 0 Å². The van der Waals surface area contributed by atoms with Crippen molar-refractivity contribution in [3.63, 3.8) is 0 Å². The van der Waals surface area contributed by atoms with Crippen molar-refractivity contribution in [2.45, 2.75) is 0 Å². The summed E-state index contributed by atoms with van der Waals surface area (Å²) in [7, 11) is 1.53. The number of fused-ring (bicyclic) bond motifs is 1. The molecule has 0 radical (unpaired) electrons. The standard InChI is InChI=1S/C16H12ClN3O3S/c1-19-16(22)20-7-12(23-10-4-2-9(17)3-5-10)11-6-13(15(18)21)24-14(11)8-20/h2-8H,1H3,(H2-,18,19,21,22)/p+1. The average molecular weight is 363 g/mol. The number of benzene rings is 1. The van der Waals surface area contributed by atoms with Gasteiger partial charge in [-0.2, -0.15) is 9.36 Å². The third kappa shape index (κ3) is 3.17. The van der Waals surface area contributed by atoms with Gasteiger partial charge in [-0.1, -0.05) is 11.6 Å². The highest BCUT2D eigenvalue weighted by Gasteiger charge is 2.19. The summed E-state index contributed by atoms with van der Waals surface area (Å²) in [6.45, 7) is 0. The predicted molar refractivity (Wildman–Crippen MR) is 91.9 cm³/mol. The van der Waals surface area contributed by atoms with E-state index in [-0.39, 0.29) is 6.03 Å². The van der Waals surface area contributed by atoms with Crippen molar-refractivity contribution in [3.8, 4) is 11.5 Å². The zero-order chi connectivity index (χ0) is 17.3. The van der Waals surface area contributed by atoms with Crippen LogP contribution in [-0.4, -0.2) is 19.0 Å². The lowest BCUT2D eigenvalue weighted by Crippen LogP contribution is -2.48. The molecule has 3 rings (SSSR count). The highest BCUT2D eigenvalue weighted by molar-refractivity contribution is 7.20. The summed E-state index contributed by atoms with van der Waals surface area (Å²) < 4.78 is 7.93. The first-order valence-corrected chi connectivity index (χ1v) is 8.11. The number of hydrogen-bond acceptors (Lipinski definition) is 4. The molecule has 1 aromatic carbocycles. The van der Waals surface area contributed by atoms with Crippen LogP contribution in [0.25, 0.3) is 10.1 Å². The largest absolute Gasteiger partial charge is 0.495 e. The lowest BCUT2D eigenvalue weighted by atomic mass is 10.2. The number of halogens is 1. The van der Waals surface area contributed by atoms with Gasteiger partial charge in [0.1, 0.15) is 18.1 Å². The molecule has 122 valence electrons. The molecule has 0 atom stereocenters. The zero-order valence-electron chi connectivity index (χ0n) is 12.6. The van der Waals surface area contributed by atoms with Crippen molar-refractivity contribution >= 4 is 45.0 Å². The second kappa shape index (κ2) is 6.46. The summed E-state index contributed by atoms with van der Waals surface area (Å²) in [5, 5.41) is 3.83. The number of nitrogens with one attached hydrogen (secondary N) is 1. The fourth-order valence-electron chi connectivity index (χ4n) is 2.13.